The molecule has 0 aromatic carbocycles. The van der Waals surface area contributed by atoms with Crippen LogP contribution < -0.4 is 0 Å². The summed E-state index contributed by atoms with van der Waals surface area (Å²) in [6.07, 6.45) is 8.91. The maximum absolute atomic E-state index is 10.4. The lowest BCUT2D eigenvalue weighted by atomic mass is 9.96. The summed E-state index contributed by atoms with van der Waals surface area (Å²) < 4.78 is 1.82. The molecule has 0 saturated heterocycles. The molecule has 92 valence electrons. The Kier molecular flexibility index (Phi) is 1.99. The molecule has 0 spiro atoms. The molecule has 1 aromatic rings. The Hall–Kier alpha value is -0.830. The van der Waals surface area contributed by atoms with Gasteiger partial charge >= 0.3 is 0 Å². The van der Waals surface area contributed by atoms with Crippen molar-refractivity contribution >= 4 is 0 Å². The Bertz CT molecular complexity index is 425. The minimum atomic E-state index is -0.127. The van der Waals surface area contributed by atoms with Gasteiger partial charge in [0.2, 0.25) is 0 Å². The predicted molar refractivity (Wildman–Crippen MR) is 64.2 cm³/mol. The van der Waals surface area contributed by atoms with E-state index in [1.54, 1.807) is 0 Å². The van der Waals surface area contributed by atoms with Gasteiger partial charge in [-0.1, -0.05) is 0 Å². The van der Waals surface area contributed by atoms with Gasteiger partial charge in [-0.3, -0.25) is 4.68 Å². The number of aliphatic hydroxyl groups is 1. The maximum atomic E-state index is 10.4. The van der Waals surface area contributed by atoms with E-state index < -0.39 is 0 Å². The lowest BCUT2D eigenvalue weighted by Gasteiger charge is -2.14. The first-order valence-corrected chi connectivity index (χ1v) is 6.89. The van der Waals surface area contributed by atoms with Crippen molar-refractivity contribution in [3.05, 3.63) is 18.0 Å². The van der Waals surface area contributed by atoms with Gasteiger partial charge in [0.15, 0.2) is 0 Å². The molecule has 3 aliphatic rings. The van der Waals surface area contributed by atoms with E-state index in [0.29, 0.717) is 5.92 Å². The highest BCUT2D eigenvalue weighted by Crippen LogP contribution is 2.70. The third-order valence-corrected chi connectivity index (χ3v) is 5.44. The van der Waals surface area contributed by atoms with Crippen molar-refractivity contribution in [2.24, 2.45) is 36.6 Å². The second-order valence-corrected chi connectivity index (χ2v) is 6.36. The highest BCUT2D eigenvalue weighted by atomic mass is 16.3. The third kappa shape index (κ3) is 1.41. The van der Waals surface area contributed by atoms with E-state index in [1.165, 1.54) is 24.8 Å². The normalized spacial score (nSPS) is 43.8. The first-order chi connectivity index (χ1) is 8.24. The molecule has 0 amide bonds. The average Bonchev–Trinajstić information content (AvgIpc) is 2.65. The molecule has 0 radical (unpaired) electrons. The van der Waals surface area contributed by atoms with Crippen LogP contribution in [-0.2, 0) is 13.5 Å². The smallest absolute Gasteiger partial charge is 0.0615 e. The van der Waals surface area contributed by atoms with Crippen LogP contribution >= 0.6 is 0 Å². The van der Waals surface area contributed by atoms with Crippen LogP contribution in [0.4, 0.5) is 0 Å². The fraction of sp³-hybridized carbons (Fsp3) is 0.786. The molecule has 3 fully saturated rings. The molecule has 5 unspecified atom stereocenters. The quantitative estimate of drug-likeness (QED) is 0.860. The Morgan fingerprint density at radius 1 is 1.41 bits per heavy atom. The summed E-state index contributed by atoms with van der Waals surface area (Å²) in [5.41, 5.74) is 1.18. The van der Waals surface area contributed by atoms with E-state index in [1.807, 2.05) is 24.1 Å². The summed E-state index contributed by atoms with van der Waals surface area (Å²) in [7, 11) is 1.93. The fourth-order valence-corrected chi connectivity index (χ4v) is 4.86. The largest absolute Gasteiger partial charge is 0.392 e. The summed E-state index contributed by atoms with van der Waals surface area (Å²) in [6, 6.07) is 0. The molecule has 1 aromatic heterocycles. The molecule has 3 nitrogen and oxygen atoms in total. The van der Waals surface area contributed by atoms with Gasteiger partial charge in [0.1, 0.15) is 0 Å². The molecule has 3 saturated carbocycles. The van der Waals surface area contributed by atoms with Crippen LogP contribution in [0.1, 0.15) is 24.8 Å². The number of hydrogen-bond acceptors (Lipinski definition) is 2. The zero-order valence-corrected chi connectivity index (χ0v) is 10.3. The van der Waals surface area contributed by atoms with Crippen LogP contribution in [0.25, 0.3) is 0 Å². The average molecular weight is 232 g/mol. The number of aliphatic hydroxyl groups excluding tert-OH is 1. The Morgan fingerprint density at radius 3 is 2.71 bits per heavy atom. The van der Waals surface area contributed by atoms with Crippen molar-refractivity contribution in [3.63, 3.8) is 0 Å². The van der Waals surface area contributed by atoms with Gasteiger partial charge in [0.25, 0.3) is 0 Å². The minimum Gasteiger partial charge on any atom is -0.392 e. The lowest BCUT2D eigenvalue weighted by Crippen LogP contribution is -2.18. The zero-order chi connectivity index (χ0) is 11.6. The Morgan fingerprint density at radius 2 is 2.12 bits per heavy atom. The van der Waals surface area contributed by atoms with Gasteiger partial charge in [-0.05, 0) is 54.4 Å². The van der Waals surface area contributed by atoms with Crippen molar-refractivity contribution in [1.82, 2.24) is 9.78 Å². The number of nitrogens with zero attached hydrogens (tertiary/aromatic N) is 2. The molecule has 0 aliphatic heterocycles. The summed E-state index contributed by atoms with van der Waals surface area (Å²) >= 11 is 0. The van der Waals surface area contributed by atoms with Crippen LogP contribution in [0.5, 0.6) is 0 Å². The van der Waals surface area contributed by atoms with Gasteiger partial charge in [0.05, 0.1) is 12.3 Å². The van der Waals surface area contributed by atoms with Crippen LogP contribution in [0.15, 0.2) is 12.4 Å². The summed E-state index contributed by atoms with van der Waals surface area (Å²) in [4.78, 5) is 0. The van der Waals surface area contributed by atoms with E-state index >= 15 is 0 Å². The van der Waals surface area contributed by atoms with Crippen LogP contribution in [0.3, 0.4) is 0 Å². The second-order valence-electron chi connectivity index (χ2n) is 6.36. The molecule has 3 heteroatoms. The van der Waals surface area contributed by atoms with Crippen molar-refractivity contribution < 1.29 is 5.11 Å². The maximum Gasteiger partial charge on any atom is 0.0615 e. The monoisotopic (exact) mass is 232 g/mol. The number of rotatable bonds is 3. The van der Waals surface area contributed by atoms with E-state index in [4.69, 9.17) is 0 Å². The number of aromatic nitrogens is 2. The molecule has 1 heterocycles. The summed E-state index contributed by atoms with van der Waals surface area (Å²) in [6.45, 7) is 0. The minimum absolute atomic E-state index is 0.127. The van der Waals surface area contributed by atoms with Crippen LogP contribution in [0, 0.1) is 29.6 Å². The van der Waals surface area contributed by atoms with E-state index in [2.05, 4.69) is 5.10 Å². The van der Waals surface area contributed by atoms with E-state index in [9.17, 15) is 5.11 Å². The number of fused-ring (bicyclic) bond motifs is 5. The first-order valence-electron chi connectivity index (χ1n) is 6.89. The van der Waals surface area contributed by atoms with Gasteiger partial charge in [-0.2, -0.15) is 5.10 Å². The Balaban J connectivity index is 1.44. The highest BCUT2D eigenvalue weighted by Gasteiger charge is 2.66. The molecule has 17 heavy (non-hydrogen) atoms. The predicted octanol–water partition coefficient (Wildman–Crippen LogP) is 1.62. The SMILES string of the molecule is Cn1cc(CC(O)C2C3C4CCC(C4)C23)cn1. The second kappa shape index (κ2) is 3.35. The molecular weight excluding hydrogens is 212 g/mol. The fourth-order valence-electron chi connectivity index (χ4n) is 4.86. The first kappa shape index (κ1) is 10.1. The van der Waals surface area contributed by atoms with E-state index in [-0.39, 0.29) is 6.10 Å². The lowest BCUT2D eigenvalue weighted by molar-refractivity contribution is 0.128. The van der Waals surface area contributed by atoms with Crippen molar-refractivity contribution in [2.75, 3.05) is 0 Å². The van der Waals surface area contributed by atoms with Gasteiger partial charge in [-0.15, -0.1) is 0 Å². The summed E-state index contributed by atoms with van der Waals surface area (Å²) in [5, 5.41) is 14.6. The van der Waals surface area contributed by atoms with Crippen molar-refractivity contribution in [3.8, 4) is 0 Å². The molecule has 4 rings (SSSR count). The highest BCUT2D eigenvalue weighted by molar-refractivity contribution is 5.17. The zero-order valence-electron chi connectivity index (χ0n) is 10.3. The number of hydrogen-bond donors (Lipinski definition) is 1. The molecule has 2 bridgehead atoms. The summed E-state index contributed by atoms with van der Waals surface area (Å²) in [5.74, 6) is 4.28. The van der Waals surface area contributed by atoms with Gasteiger partial charge < -0.3 is 5.11 Å². The topological polar surface area (TPSA) is 38.0 Å². The van der Waals surface area contributed by atoms with Gasteiger partial charge in [0, 0.05) is 19.7 Å². The van der Waals surface area contributed by atoms with E-state index in [0.717, 1.165) is 30.1 Å². The molecule has 1 N–H and O–H groups in total. The third-order valence-electron chi connectivity index (χ3n) is 5.44. The molecule has 5 atom stereocenters. The van der Waals surface area contributed by atoms with Gasteiger partial charge in [-0.25, -0.2) is 0 Å². The molecular formula is C14H20N2O. The van der Waals surface area contributed by atoms with Crippen molar-refractivity contribution in [2.45, 2.75) is 31.8 Å². The standard InChI is InChI=1S/C14H20N2O/c1-16-7-8(6-15-16)4-11(17)14-12-9-2-3-10(5-9)13(12)14/h6-7,9-14,17H,2-5H2,1H3. The molecule has 3 aliphatic carbocycles. The Labute approximate surface area is 102 Å². The number of aryl methyl sites for hydroxylation is 1. The van der Waals surface area contributed by atoms with Crippen LogP contribution in [0.2, 0.25) is 0 Å². The van der Waals surface area contributed by atoms with Crippen LogP contribution in [-0.4, -0.2) is 21.0 Å². The van der Waals surface area contributed by atoms with Crippen molar-refractivity contribution in [1.29, 1.82) is 0 Å².